The van der Waals surface area contributed by atoms with Crippen molar-refractivity contribution in [1.82, 2.24) is 10.0 Å². The monoisotopic (exact) mass is 398 g/mol. The van der Waals surface area contributed by atoms with Crippen LogP contribution in [0, 0.1) is 6.92 Å². The molecule has 0 bridgehead atoms. The number of nitrogens with one attached hydrogen (secondary N) is 2. The van der Waals surface area contributed by atoms with Crippen LogP contribution in [0.3, 0.4) is 0 Å². The molecule has 0 aliphatic rings. The number of ether oxygens (including phenoxy) is 1. The number of benzene rings is 1. The minimum absolute atomic E-state index is 0.102. The van der Waals surface area contributed by atoms with Gasteiger partial charge in [-0.25, -0.2) is 17.9 Å². The summed E-state index contributed by atoms with van der Waals surface area (Å²) in [6.07, 6.45) is 2.14. The Morgan fingerprint density at radius 3 is 2.37 bits per heavy atom. The van der Waals surface area contributed by atoms with Gasteiger partial charge in [0.2, 0.25) is 10.0 Å². The van der Waals surface area contributed by atoms with Crippen LogP contribution >= 0.6 is 0 Å². The first-order valence-electron chi connectivity index (χ1n) is 9.03. The minimum Gasteiger partial charge on any atom is -0.444 e. The van der Waals surface area contributed by atoms with Gasteiger partial charge in [-0.05, 0) is 52.7 Å². The molecule has 1 aromatic carbocycles. The Morgan fingerprint density at radius 2 is 1.81 bits per heavy atom. The van der Waals surface area contributed by atoms with Gasteiger partial charge in [-0.2, -0.15) is 0 Å². The SMILES string of the molecule is Cc1ccc(S(=O)(=O)N[C@H](CC=O)CCCCNC(=O)OC(C)(C)C)cc1. The predicted molar refractivity (Wildman–Crippen MR) is 104 cm³/mol. The number of carbonyl (C=O) groups excluding carboxylic acids is 2. The Kier molecular flexibility index (Phi) is 8.92. The van der Waals surface area contributed by atoms with Crippen LogP contribution in [0.5, 0.6) is 0 Å². The van der Waals surface area contributed by atoms with Crippen molar-refractivity contribution >= 4 is 22.4 Å². The minimum atomic E-state index is -3.67. The standard InChI is InChI=1S/C19H30N2O5S/c1-15-8-10-17(11-9-15)27(24,25)21-16(12-14-22)7-5-6-13-20-18(23)26-19(2,3)4/h8-11,14,16,21H,5-7,12-13H2,1-4H3,(H,20,23)/t16-/m0/s1. The number of alkyl carbamates (subject to hydrolysis) is 1. The van der Waals surface area contributed by atoms with Crippen molar-refractivity contribution in [2.75, 3.05) is 6.54 Å². The summed E-state index contributed by atoms with van der Waals surface area (Å²) in [7, 11) is -3.67. The van der Waals surface area contributed by atoms with E-state index in [2.05, 4.69) is 10.0 Å². The van der Waals surface area contributed by atoms with Gasteiger partial charge in [0, 0.05) is 19.0 Å². The molecule has 152 valence electrons. The number of rotatable bonds is 10. The van der Waals surface area contributed by atoms with E-state index in [4.69, 9.17) is 4.74 Å². The zero-order chi connectivity index (χ0) is 20.5. The van der Waals surface area contributed by atoms with Crippen molar-refractivity contribution in [2.24, 2.45) is 0 Å². The van der Waals surface area contributed by atoms with Gasteiger partial charge in [-0.3, -0.25) is 0 Å². The number of amides is 1. The Labute approximate surface area is 161 Å². The average Bonchev–Trinajstić information content (AvgIpc) is 2.53. The van der Waals surface area contributed by atoms with Gasteiger partial charge in [0.25, 0.3) is 0 Å². The molecule has 1 atom stereocenters. The smallest absolute Gasteiger partial charge is 0.407 e. The molecular weight excluding hydrogens is 368 g/mol. The van der Waals surface area contributed by atoms with Gasteiger partial charge in [0.05, 0.1) is 4.90 Å². The van der Waals surface area contributed by atoms with Crippen LogP contribution in [0.25, 0.3) is 0 Å². The van der Waals surface area contributed by atoms with Crippen molar-refractivity contribution < 1.29 is 22.7 Å². The molecule has 1 amide bonds. The molecule has 0 aliphatic heterocycles. The molecular formula is C19H30N2O5S. The maximum atomic E-state index is 12.4. The maximum Gasteiger partial charge on any atom is 0.407 e. The molecule has 1 aromatic rings. The predicted octanol–water partition coefficient (Wildman–Crippen LogP) is 2.93. The van der Waals surface area contributed by atoms with Gasteiger partial charge in [-0.1, -0.05) is 24.1 Å². The van der Waals surface area contributed by atoms with E-state index in [1.807, 2.05) is 6.92 Å². The van der Waals surface area contributed by atoms with Gasteiger partial charge >= 0.3 is 6.09 Å². The molecule has 0 saturated carbocycles. The van der Waals surface area contributed by atoms with Crippen molar-refractivity contribution in [1.29, 1.82) is 0 Å². The molecule has 27 heavy (non-hydrogen) atoms. The van der Waals surface area contributed by atoms with E-state index in [1.165, 1.54) is 0 Å². The van der Waals surface area contributed by atoms with E-state index in [-0.39, 0.29) is 11.3 Å². The van der Waals surface area contributed by atoms with E-state index in [0.29, 0.717) is 32.1 Å². The summed E-state index contributed by atoms with van der Waals surface area (Å²) in [4.78, 5) is 22.6. The summed E-state index contributed by atoms with van der Waals surface area (Å²) in [5.74, 6) is 0. The fourth-order valence-corrected chi connectivity index (χ4v) is 3.65. The number of aryl methyl sites for hydroxylation is 1. The molecule has 0 aromatic heterocycles. The Balaban J connectivity index is 2.46. The molecule has 1 rings (SSSR count). The highest BCUT2D eigenvalue weighted by atomic mass is 32.2. The van der Waals surface area contributed by atoms with E-state index in [0.717, 1.165) is 5.56 Å². The lowest BCUT2D eigenvalue weighted by atomic mass is 10.1. The molecule has 2 N–H and O–H groups in total. The van der Waals surface area contributed by atoms with Crippen molar-refractivity contribution in [2.45, 2.75) is 69.9 Å². The second-order valence-electron chi connectivity index (χ2n) is 7.46. The molecule has 0 saturated heterocycles. The number of hydrogen-bond donors (Lipinski definition) is 2. The van der Waals surface area contributed by atoms with E-state index in [1.54, 1.807) is 45.0 Å². The quantitative estimate of drug-likeness (QED) is 0.466. The topological polar surface area (TPSA) is 102 Å². The highest BCUT2D eigenvalue weighted by Gasteiger charge is 2.20. The van der Waals surface area contributed by atoms with Crippen LogP contribution in [0.4, 0.5) is 4.79 Å². The first kappa shape index (κ1) is 23.1. The van der Waals surface area contributed by atoms with E-state index in [9.17, 15) is 18.0 Å². The average molecular weight is 399 g/mol. The number of unbranched alkanes of at least 4 members (excludes halogenated alkanes) is 1. The highest BCUT2D eigenvalue weighted by Crippen LogP contribution is 2.13. The van der Waals surface area contributed by atoms with Crippen LogP contribution in [0.15, 0.2) is 29.2 Å². The third-order valence-electron chi connectivity index (χ3n) is 3.68. The van der Waals surface area contributed by atoms with E-state index >= 15 is 0 Å². The summed E-state index contributed by atoms with van der Waals surface area (Å²) < 4.78 is 32.6. The van der Waals surface area contributed by atoms with Gasteiger partial charge in [0.15, 0.2) is 0 Å². The first-order chi connectivity index (χ1) is 12.5. The van der Waals surface area contributed by atoms with Crippen molar-refractivity contribution in [3.8, 4) is 0 Å². The molecule has 7 nitrogen and oxygen atoms in total. The van der Waals surface area contributed by atoms with Crippen LogP contribution in [-0.2, 0) is 19.6 Å². The largest absolute Gasteiger partial charge is 0.444 e. The highest BCUT2D eigenvalue weighted by molar-refractivity contribution is 7.89. The van der Waals surface area contributed by atoms with Crippen LogP contribution in [0.1, 0.15) is 52.0 Å². The van der Waals surface area contributed by atoms with Crippen LogP contribution < -0.4 is 10.0 Å². The fraction of sp³-hybridized carbons (Fsp3) is 0.579. The number of sulfonamides is 1. The summed E-state index contributed by atoms with van der Waals surface area (Å²) >= 11 is 0. The van der Waals surface area contributed by atoms with Gasteiger partial charge in [0.1, 0.15) is 11.9 Å². The van der Waals surface area contributed by atoms with E-state index < -0.39 is 27.8 Å². The molecule has 0 radical (unpaired) electrons. The molecule has 0 aliphatic carbocycles. The third-order valence-corrected chi connectivity index (χ3v) is 5.22. The summed E-state index contributed by atoms with van der Waals surface area (Å²) in [5.41, 5.74) is 0.420. The van der Waals surface area contributed by atoms with Gasteiger partial charge < -0.3 is 14.8 Å². The Morgan fingerprint density at radius 1 is 1.19 bits per heavy atom. The van der Waals surface area contributed by atoms with Crippen LogP contribution in [0.2, 0.25) is 0 Å². The maximum absolute atomic E-state index is 12.4. The number of aldehydes is 1. The molecule has 8 heteroatoms. The molecule has 0 unspecified atom stereocenters. The second-order valence-corrected chi connectivity index (χ2v) is 9.17. The third kappa shape index (κ3) is 9.53. The zero-order valence-electron chi connectivity index (χ0n) is 16.4. The molecule has 0 spiro atoms. The van der Waals surface area contributed by atoms with Crippen molar-refractivity contribution in [3.05, 3.63) is 29.8 Å². The second kappa shape index (κ2) is 10.4. The fourth-order valence-electron chi connectivity index (χ4n) is 2.37. The lowest BCUT2D eigenvalue weighted by molar-refractivity contribution is -0.108. The summed E-state index contributed by atoms with van der Waals surface area (Å²) in [6.45, 7) is 7.67. The van der Waals surface area contributed by atoms with Crippen LogP contribution in [-0.4, -0.2) is 39.0 Å². The summed E-state index contributed by atoms with van der Waals surface area (Å²) in [5, 5.41) is 2.65. The normalized spacial score (nSPS) is 13.0. The molecule has 0 heterocycles. The number of hydrogen-bond acceptors (Lipinski definition) is 5. The first-order valence-corrected chi connectivity index (χ1v) is 10.5. The Hall–Kier alpha value is -1.93. The Bertz CT molecular complexity index is 709. The summed E-state index contributed by atoms with van der Waals surface area (Å²) in [6, 6.07) is 6.06. The van der Waals surface area contributed by atoms with Crippen molar-refractivity contribution in [3.63, 3.8) is 0 Å². The van der Waals surface area contributed by atoms with Gasteiger partial charge in [-0.15, -0.1) is 0 Å². The zero-order valence-corrected chi connectivity index (χ0v) is 17.3. The lowest BCUT2D eigenvalue weighted by Gasteiger charge is -2.20. The molecule has 0 fully saturated rings. The lowest BCUT2D eigenvalue weighted by Crippen LogP contribution is -2.35. The number of carbonyl (C=O) groups is 2.